The van der Waals surface area contributed by atoms with Crippen LogP contribution < -0.4 is 11.1 Å². The van der Waals surface area contributed by atoms with Gasteiger partial charge in [-0.2, -0.15) is 0 Å². The fourth-order valence-electron chi connectivity index (χ4n) is 3.42. The van der Waals surface area contributed by atoms with Crippen molar-refractivity contribution < 1.29 is 4.79 Å². The highest BCUT2D eigenvalue weighted by Gasteiger charge is 2.38. The second-order valence-corrected chi connectivity index (χ2v) is 6.10. The molecule has 0 saturated carbocycles. The zero-order valence-electron chi connectivity index (χ0n) is 11.4. The molecule has 0 aromatic heterocycles. The van der Waals surface area contributed by atoms with Crippen LogP contribution >= 0.6 is 11.6 Å². The van der Waals surface area contributed by atoms with E-state index in [-0.39, 0.29) is 11.8 Å². The standard InChI is InChI=1S/C15H20ClN3O/c16-11-1-2-12-13(9-11)18-15(20)14(12)10-3-6-19(7-4-10)8-5-17/h1-2,9-10,14H,3-8,17H2,(H,18,20). The highest BCUT2D eigenvalue weighted by Crippen LogP contribution is 2.42. The van der Waals surface area contributed by atoms with Gasteiger partial charge >= 0.3 is 0 Å². The molecule has 1 aromatic rings. The number of hydrogen-bond donors (Lipinski definition) is 2. The van der Waals surface area contributed by atoms with E-state index in [0.29, 0.717) is 17.5 Å². The smallest absolute Gasteiger partial charge is 0.232 e. The Hall–Kier alpha value is -1.10. The van der Waals surface area contributed by atoms with Crippen LogP contribution in [0.3, 0.4) is 0 Å². The number of amides is 1. The summed E-state index contributed by atoms with van der Waals surface area (Å²) in [5.74, 6) is 0.535. The zero-order valence-corrected chi connectivity index (χ0v) is 12.2. The molecule has 0 bridgehead atoms. The van der Waals surface area contributed by atoms with Crippen LogP contribution in [0.15, 0.2) is 18.2 Å². The molecule has 0 radical (unpaired) electrons. The van der Waals surface area contributed by atoms with Crippen LogP contribution in [0.5, 0.6) is 0 Å². The Bertz CT molecular complexity index is 512. The van der Waals surface area contributed by atoms with Crippen molar-refractivity contribution in [3.63, 3.8) is 0 Å². The number of carbonyl (C=O) groups excluding carboxylic acids is 1. The van der Waals surface area contributed by atoms with Crippen molar-refractivity contribution in [2.24, 2.45) is 11.7 Å². The van der Waals surface area contributed by atoms with Gasteiger partial charge in [0.05, 0.1) is 5.92 Å². The van der Waals surface area contributed by atoms with Crippen LogP contribution in [0.2, 0.25) is 5.02 Å². The minimum absolute atomic E-state index is 0.0118. The molecule has 2 aliphatic rings. The summed E-state index contributed by atoms with van der Waals surface area (Å²) in [6, 6.07) is 5.71. The van der Waals surface area contributed by atoms with E-state index in [4.69, 9.17) is 17.3 Å². The summed E-state index contributed by atoms with van der Waals surface area (Å²) in [6.45, 7) is 3.73. The van der Waals surface area contributed by atoms with Crippen LogP contribution in [0.1, 0.15) is 24.3 Å². The van der Waals surface area contributed by atoms with Crippen molar-refractivity contribution in [1.82, 2.24) is 4.90 Å². The number of rotatable bonds is 3. The number of benzene rings is 1. The van der Waals surface area contributed by atoms with Crippen LogP contribution in [0, 0.1) is 5.92 Å². The number of halogens is 1. The summed E-state index contributed by atoms with van der Waals surface area (Å²) >= 11 is 5.99. The minimum atomic E-state index is -0.0118. The van der Waals surface area contributed by atoms with Crippen molar-refractivity contribution >= 4 is 23.2 Å². The van der Waals surface area contributed by atoms with Gasteiger partial charge in [0, 0.05) is 23.8 Å². The molecule has 0 spiro atoms. The van der Waals surface area contributed by atoms with E-state index >= 15 is 0 Å². The molecule has 1 unspecified atom stereocenters. The van der Waals surface area contributed by atoms with Gasteiger partial charge in [-0.05, 0) is 49.5 Å². The van der Waals surface area contributed by atoms with Gasteiger partial charge in [0.1, 0.15) is 0 Å². The lowest BCUT2D eigenvalue weighted by atomic mass is 9.81. The van der Waals surface area contributed by atoms with Crippen LogP contribution in [-0.4, -0.2) is 37.0 Å². The fraction of sp³-hybridized carbons (Fsp3) is 0.533. The third-order valence-corrected chi connectivity index (χ3v) is 4.67. The number of fused-ring (bicyclic) bond motifs is 1. The average molecular weight is 294 g/mol. The zero-order chi connectivity index (χ0) is 14.1. The molecule has 3 N–H and O–H groups in total. The Morgan fingerprint density at radius 2 is 2.10 bits per heavy atom. The molecule has 2 aliphatic heterocycles. The van der Waals surface area contributed by atoms with Gasteiger partial charge in [-0.1, -0.05) is 17.7 Å². The molecule has 1 saturated heterocycles. The Balaban J connectivity index is 1.74. The number of piperidine rings is 1. The molecule has 4 nitrogen and oxygen atoms in total. The van der Waals surface area contributed by atoms with E-state index in [2.05, 4.69) is 10.2 Å². The van der Waals surface area contributed by atoms with Crippen molar-refractivity contribution in [2.75, 3.05) is 31.5 Å². The van der Waals surface area contributed by atoms with Gasteiger partial charge in [-0.3, -0.25) is 4.79 Å². The summed E-state index contributed by atoms with van der Waals surface area (Å²) < 4.78 is 0. The number of carbonyl (C=O) groups is 1. The maximum Gasteiger partial charge on any atom is 0.232 e. The fourth-order valence-corrected chi connectivity index (χ4v) is 3.59. The molecular weight excluding hydrogens is 274 g/mol. The Morgan fingerprint density at radius 3 is 2.80 bits per heavy atom. The van der Waals surface area contributed by atoms with Gasteiger partial charge in [-0.15, -0.1) is 0 Å². The summed E-state index contributed by atoms with van der Waals surface area (Å²) in [6.07, 6.45) is 2.11. The Kier molecular flexibility index (Phi) is 3.96. The predicted molar refractivity (Wildman–Crippen MR) is 81.0 cm³/mol. The largest absolute Gasteiger partial charge is 0.329 e. The first kappa shape index (κ1) is 13.9. The molecule has 1 atom stereocenters. The monoisotopic (exact) mass is 293 g/mol. The van der Waals surface area contributed by atoms with E-state index in [0.717, 1.165) is 43.7 Å². The van der Waals surface area contributed by atoms with Gasteiger partial charge in [0.25, 0.3) is 0 Å². The Labute approximate surface area is 124 Å². The number of nitrogens with two attached hydrogens (primary N) is 1. The maximum atomic E-state index is 12.3. The van der Waals surface area contributed by atoms with Crippen LogP contribution in [-0.2, 0) is 4.79 Å². The molecule has 3 rings (SSSR count). The highest BCUT2D eigenvalue weighted by molar-refractivity contribution is 6.31. The third-order valence-electron chi connectivity index (χ3n) is 4.44. The second-order valence-electron chi connectivity index (χ2n) is 5.67. The average Bonchev–Trinajstić information content (AvgIpc) is 2.75. The number of likely N-dealkylation sites (tertiary alicyclic amines) is 1. The molecule has 2 heterocycles. The normalized spacial score (nSPS) is 23.7. The third kappa shape index (κ3) is 2.55. The van der Waals surface area contributed by atoms with E-state index in [1.54, 1.807) is 0 Å². The first-order valence-corrected chi connectivity index (χ1v) is 7.59. The van der Waals surface area contributed by atoms with Gasteiger partial charge in [0.2, 0.25) is 5.91 Å². The lowest BCUT2D eigenvalue weighted by Crippen LogP contribution is -2.39. The number of hydrogen-bond acceptors (Lipinski definition) is 3. The molecule has 1 fully saturated rings. The van der Waals surface area contributed by atoms with Crippen molar-refractivity contribution in [1.29, 1.82) is 0 Å². The van der Waals surface area contributed by atoms with Gasteiger partial charge in [-0.25, -0.2) is 0 Å². The molecule has 0 aliphatic carbocycles. The summed E-state index contributed by atoms with van der Waals surface area (Å²) in [4.78, 5) is 14.6. The quantitative estimate of drug-likeness (QED) is 0.897. The molecule has 108 valence electrons. The van der Waals surface area contributed by atoms with E-state index in [9.17, 15) is 4.79 Å². The number of nitrogens with zero attached hydrogens (tertiary/aromatic N) is 1. The van der Waals surface area contributed by atoms with Crippen molar-refractivity contribution in [3.05, 3.63) is 28.8 Å². The maximum absolute atomic E-state index is 12.3. The van der Waals surface area contributed by atoms with Crippen LogP contribution in [0.25, 0.3) is 0 Å². The molecule has 5 heteroatoms. The number of anilines is 1. The summed E-state index contributed by atoms with van der Waals surface area (Å²) in [5.41, 5.74) is 7.59. The summed E-state index contributed by atoms with van der Waals surface area (Å²) in [5, 5.41) is 3.63. The Morgan fingerprint density at radius 1 is 1.35 bits per heavy atom. The van der Waals surface area contributed by atoms with Gasteiger partial charge < -0.3 is 16.0 Å². The first-order valence-electron chi connectivity index (χ1n) is 7.22. The molecule has 1 aromatic carbocycles. The van der Waals surface area contributed by atoms with Crippen molar-refractivity contribution in [3.8, 4) is 0 Å². The van der Waals surface area contributed by atoms with Gasteiger partial charge in [0.15, 0.2) is 0 Å². The number of nitrogens with one attached hydrogen (secondary N) is 1. The predicted octanol–water partition coefficient (Wildman–Crippen LogP) is 2.05. The topological polar surface area (TPSA) is 58.4 Å². The highest BCUT2D eigenvalue weighted by atomic mass is 35.5. The van der Waals surface area contributed by atoms with E-state index in [1.165, 1.54) is 0 Å². The SMILES string of the molecule is NCCN1CCC(C2C(=O)Nc3cc(Cl)ccc32)CC1. The molecule has 1 amide bonds. The van der Waals surface area contributed by atoms with Crippen molar-refractivity contribution in [2.45, 2.75) is 18.8 Å². The first-order chi connectivity index (χ1) is 9.69. The molecular formula is C15H20ClN3O. The minimum Gasteiger partial charge on any atom is -0.329 e. The lowest BCUT2D eigenvalue weighted by Gasteiger charge is -2.33. The van der Waals surface area contributed by atoms with E-state index < -0.39 is 0 Å². The van der Waals surface area contributed by atoms with Crippen LogP contribution in [0.4, 0.5) is 5.69 Å². The summed E-state index contributed by atoms with van der Waals surface area (Å²) in [7, 11) is 0. The second kappa shape index (κ2) is 5.72. The lowest BCUT2D eigenvalue weighted by molar-refractivity contribution is -0.118. The molecule has 20 heavy (non-hydrogen) atoms. The van der Waals surface area contributed by atoms with E-state index in [1.807, 2.05) is 18.2 Å².